The van der Waals surface area contributed by atoms with Crippen molar-refractivity contribution in [3.05, 3.63) is 35.0 Å². The van der Waals surface area contributed by atoms with Crippen LogP contribution in [0.25, 0.3) is 11.3 Å². The summed E-state index contributed by atoms with van der Waals surface area (Å²) in [6, 6.07) is 3.92. The SMILES string of the molecule is COCC(F)(F)CN1CCN(C(=O)c2cc3c(cc2C)NC(O)c2cnn(C4CCOCC4)c2-3)CC1. The highest BCUT2D eigenvalue weighted by Gasteiger charge is 2.35. The van der Waals surface area contributed by atoms with Crippen molar-refractivity contribution < 1.29 is 28.2 Å². The van der Waals surface area contributed by atoms with E-state index in [9.17, 15) is 18.7 Å². The Morgan fingerprint density at radius 3 is 2.67 bits per heavy atom. The van der Waals surface area contributed by atoms with Crippen LogP contribution in [0.4, 0.5) is 14.5 Å². The summed E-state index contributed by atoms with van der Waals surface area (Å²) in [6.45, 7) is 3.70. The number of aliphatic hydroxyl groups excluding tert-OH is 1. The van der Waals surface area contributed by atoms with Crippen LogP contribution in [-0.2, 0) is 9.47 Å². The average Bonchev–Trinajstić information content (AvgIpc) is 3.30. The molecule has 1 amide bonds. The summed E-state index contributed by atoms with van der Waals surface area (Å²) in [7, 11) is 1.27. The number of benzene rings is 1. The van der Waals surface area contributed by atoms with Crippen LogP contribution >= 0.6 is 0 Å². The second-order valence-electron chi connectivity index (χ2n) is 9.85. The van der Waals surface area contributed by atoms with E-state index in [1.807, 2.05) is 23.7 Å². The van der Waals surface area contributed by atoms with E-state index in [1.165, 1.54) is 7.11 Å². The van der Waals surface area contributed by atoms with E-state index >= 15 is 0 Å². The molecule has 0 aliphatic carbocycles. The van der Waals surface area contributed by atoms with Crippen LogP contribution in [0.1, 0.15) is 46.6 Å². The summed E-state index contributed by atoms with van der Waals surface area (Å²) in [6.07, 6.45) is 2.47. The lowest BCUT2D eigenvalue weighted by Crippen LogP contribution is -2.52. The Bertz CT molecular complexity index is 1110. The molecule has 11 heteroatoms. The monoisotopic (exact) mass is 505 g/mol. The molecule has 3 aliphatic heterocycles. The van der Waals surface area contributed by atoms with Crippen LogP contribution in [0.15, 0.2) is 18.3 Å². The van der Waals surface area contributed by atoms with E-state index < -0.39 is 18.8 Å². The number of hydrogen-bond donors (Lipinski definition) is 2. The number of nitrogens with zero attached hydrogens (tertiary/aromatic N) is 4. The van der Waals surface area contributed by atoms with Crippen LogP contribution < -0.4 is 5.32 Å². The number of fused-ring (bicyclic) bond motifs is 3. The van der Waals surface area contributed by atoms with Crippen molar-refractivity contribution in [2.75, 3.05) is 65.0 Å². The first-order valence-electron chi connectivity index (χ1n) is 12.4. The number of alkyl halides is 2. The van der Waals surface area contributed by atoms with Gasteiger partial charge in [0.15, 0.2) is 6.23 Å². The molecule has 2 fully saturated rings. The van der Waals surface area contributed by atoms with Crippen molar-refractivity contribution in [1.82, 2.24) is 19.6 Å². The normalized spacial score (nSPS) is 21.1. The molecule has 2 N–H and O–H groups in total. The number of anilines is 1. The number of aliphatic hydroxyl groups is 1. The van der Waals surface area contributed by atoms with Gasteiger partial charge < -0.3 is 24.8 Å². The Hall–Kier alpha value is -2.60. The van der Waals surface area contributed by atoms with Crippen molar-refractivity contribution in [3.8, 4) is 11.3 Å². The summed E-state index contributed by atoms with van der Waals surface area (Å²) in [5.74, 6) is -3.04. The lowest BCUT2D eigenvalue weighted by Gasteiger charge is -2.36. The molecular formula is C25H33F2N5O4. The lowest BCUT2D eigenvalue weighted by atomic mass is 9.94. The maximum atomic E-state index is 13.9. The Kier molecular flexibility index (Phi) is 6.99. The molecule has 0 saturated carbocycles. The molecule has 2 aromatic rings. The molecule has 1 aromatic carbocycles. The van der Waals surface area contributed by atoms with E-state index in [4.69, 9.17) is 4.74 Å². The minimum atomic E-state index is -2.92. The summed E-state index contributed by atoms with van der Waals surface area (Å²) in [5.41, 5.74) is 4.43. The number of aryl methyl sites for hydroxylation is 1. The van der Waals surface area contributed by atoms with E-state index in [-0.39, 0.29) is 18.5 Å². The van der Waals surface area contributed by atoms with E-state index in [2.05, 4.69) is 15.2 Å². The fourth-order valence-corrected chi connectivity index (χ4v) is 5.40. The Morgan fingerprint density at radius 2 is 1.97 bits per heavy atom. The minimum absolute atomic E-state index is 0.122. The zero-order valence-electron chi connectivity index (χ0n) is 20.7. The van der Waals surface area contributed by atoms with Gasteiger partial charge in [0.25, 0.3) is 11.8 Å². The first-order valence-corrected chi connectivity index (χ1v) is 12.4. The predicted molar refractivity (Wildman–Crippen MR) is 129 cm³/mol. The summed E-state index contributed by atoms with van der Waals surface area (Å²) >= 11 is 0. The standard InChI is InChI=1S/C25H33F2N5O4/c1-16-11-21-19(22-20(23(33)29-21)13-28-32(22)17-3-9-36-10-4-17)12-18(16)24(34)31-7-5-30(6-8-31)14-25(26,27)15-35-2/h11-13,17,23,29,33H,3-10,14-15H2,1-2H3. The smallest absolute Gasteiger partial charge is 0.283 e. The van der Waals surface area contributed by atoms with Crippen LogP contribution in [0.2, 0.25) is 0 Å². The van der Waals surface area contributed by atoms with Gasteiger partial charge in [0.05, 0.1) is 24.5 Å². The number of methoxy groups -OCH3 is 1. The molecule has 9 nitrogen and oxygen atoms in total. The molecule has 0 spiro atoms. The molecular weight excluding hydrogens is 472 g/mol. The van der Waals surface area contributed by atoms with E-state index in [1.54, 1.807) is 16.0 Å². The van der Waals surface area contributed by atoms with Crippen LogP contribution in [0, 0.1) is 6.92 Å². The average molecular weight is 506 g/mol. The van der Waals surface area contributed by atoms with Crippen molar-refractivity contribution in [3.63, 3.8) is 0 Å². The highest BCUT2D eigenvalue weighted by molar-refractivity contribution is 5.99. The lowest BCUT2D eigenvalue weighted by molar-refractivity contribution is -0.0880. The topological polar surface area (TPSA) is 92.1 Å². The van der Waals surface area contributed by atoms with Gasteiger partial charge >= 0.3 is 0 Å². The molecule has 2 saturated heterocycles. The maximum absolute atomic E-state index is 13.9. The van der Waals surface area contributed by atoms with Crippen molar-refractivity contribution in [1.29, 1.82) is 0 Å². The fourth-order valence-electron chi connectivity index (χ4n) is 5.40. The molecule has 5 rings (SSSR count). The fraction of sp³-hybridized carbons (Fsp3) is 0.600. The minimum Gasteiger partial charge on any atom is -0.381 e. The van der Waals surface area contributed by atoms with E-state index in [0.717, 1.165) is 35.3 Å². The van der Waals surface area contributed by atoms with Gasteiger partial charge in [-0.1, -0.05) is 0 Å². The second kappa shape index (κ2) is 10.0. The second-order valence-corrected chi connectivity index (χ2v) is 9.85. The summed E-state index contributed by atoms with van der Waals surface area (Å²) in [4.78, 5) is 16.9. The molecule has 0 bridgehead atoms. The maximum Gasteiger partial charge on any atom is 0.283 e. The molecule has 4 heterocycles. The number of nitrogens with one attached hydrogen (secondary N) is 1. The van der Waals surface area contributed by atoms with Gasteiger partial charge in [0.1, 0.15) is 6.61 Å². The Morgan fingerprint density at radius 1 is 1.25 bits per heavy atom. The number of rotatable bonds is 6. The molecule has 3 aliphatic rings. The number of aromatic nitrogens is 2. The third-order valence-corrected chi connectivity index (χ3v) is 7.27. The van der Waals surface area contributed by atoms with E-state index in [0.29, 0.717) is 50.5 Å². The first kappa shape index (κ1) is 25.1. The Balaban J connectivity index is 1.38. The zero-order valence-corrected chi connectivity index (χ0v) is 20.7. The Labute approximate surface area is 209 Å². The first-order chi connectivity index (χ1) is 17.3. The number of halogens is 2. The molecule has 0 radical (unpaired) electrons. The predicted octanol–water partition coefficient (Wildman–Crippen LogP) is 2.67. The largest absolute Gasteiger partial charge is 0.381 e. The van der Waals surface area contributed by atoms with Gasteiger partial charge in [0, 0.05) is 68.9 Å². The van der Waals surface area contributed by atoms with Crippen molar-refractivity contribution in [2.45, 2.75) is 38.0 Å². The highest BCUT2D eigenvalue weighted by Crippen LogP contribution is 2.43. The molecule has 196 valence electrons. The quantitative estimate of drug-likeness (QED) is 0.624. The highest BCUT2D eigenvalue weighted by atomic mass is 19.3. The zero-order chi connectivity index (χ0) is 25.4. The van der Waals surface area contributed by atoms with Gasteiger partial charge in [-0.2, -0.15) is 5.10 Å². The number of hydrogen-bond acceptors (Lipinski definition) is 7. The summed E-state index contributed by atoms with van der Waals surface area (Å²) < 4.78 is 40.0. The number of piperazine rings is 1. The molecule has 36 heavy (non-hydrogen) atoms. The van der Waals surface area contributed by atoms with Crippen LogP contribution in [0.5, 0.6) is 0 Å². The van der Waals surface area contributed by atoms with Gasteiger partial charge in [-0.05, 0) is 37.5 Å². The van der Waals surface area contributed by atoms with Gasteiger partial charge in [-0.15, -0.1) is 0 Å². The molecule has 1 unspecified atom stereocenters. The van der Waals surface area contributed by atoms with Crippen molar-refractivity contribution in [2.24, 2.45) is 0 Å². The van der Waals surface area contributed by atoms with Gasteiger partial charge in [-0.25, -0.2) is 8.78 Å². The van der Waals surface area contributed by atoms with Gasteiger partial charge in [-0.3, -0.25) is 14.4 Å². The number of carbonyl (C=O) groups excluding carboxylic acids is 1. The van der Waals surface area contributed by atoms with Crippen LogP contribution in [-0.4, -0.2) is 96.2 Å². The summed E-state index contributed by atoms with van der Waals surface area (Å²) in [5, 5.41) is 18.4. The third-order valence-electron chi connectivity index (χ3n) is 7.27. The molecule has 1 aromatic heterocycles. The number of ether oxygens (including phenoxy) is 2. The molecule has 1 atom stereocenters. The van der Waals surface area contributed by atoms with Crippen molar-refractivity contribution >= 4 is 11.6 Å². The third kappa shape index (κ3) is 4.84. The van der Waals surface area contributed by atoms with Crippen LogP contribution in [0.3, 0.4) is 0 Å². The number of amides is 1. The number of carbonyl (C=O) groups is 1. The van der Waals surface area contributed by atoms with Gasteiger partial charge in [0.2, 0.25) is 0 Å².